The fourth-order valence-electron chi connectivity index (χ4n) is 3.13. The number of likely N-dealkylation sites (N-methyl/N-ethyl adjacent to an activating group) is 1. The Balaban J connectivity index is 1.46. The number of nitrogens with zero attached hydrogens (tertiary/aromatic N) is 2. The van der Waals surface area contributed by atoms with Gasteiger partial charge in [0.15, 0.2) is 6.10 Å². The zero-order valence-electron chi connectivity index (χ0n) is 16.9. The summed E-state index contributed by atoms with van der Waals surface area (Å²) in [7, 11) is 3.77. The molecule has 1 aliphatic heterocycles. The average Bonchev–Trinajstić information content (AvgIpc) is 2.73. The van der Waals surface area contributed by atoms with Crippen molar-refractivity contribution in [2.75, 3.05) is 45.2 Å². The molecule has 1 saturated heterocycles. The number of carbonyl (C=O) groups is 1. The zero-order valence-corrected chi connectivity index (χ0v) is 16.9. The van der Waals surface area contributed by atoms with Crippen LogP contribution in [0.25, 0.3) is 0 Å². The smallest absolute Gasteiger partial charge is 0.261 e. The molecular formula is C22H29N3O3. The summed E-state index contributed by atoms with van der Waals surface area (Å²) in [6, 6.07) is 15.6. The monoisotopic (exact) mass is 383 g/mol. The van der Waals surface area contributed by atoms with Crippen molar-refractivity contribution in [2.45, 2.75) is 19.6 Å². The summed E-state index contributed by atoms with van der Waals surface area (Å²) in [5.74, 6) is 1.25. The lowest BCUT2D eigenvalue weighted by molar-refractivity contribution is -0.127. The maximum atomic E-state index is 12.3. The van der Waals surface area contributed by atoms with Gasteiger partial charge in [0.05, 0.1) is 7.11 Å². The van der Waals surface area contributed by atoms with Crippen molar-refractivity contribution in [1.29, 1.82) is 0 Å². The second kappa shape index (κ2) is 9.46. The van der Waals surface area contributed by atoms with Gasteiger partial charge in [-0.3, -0.25) is 4.79 Å². The molecule has 0 unspecified atom stereocenters. The van der Waals surface area contributed by atoms with Crippen LogP contribution in [-0.2, 0) is 11.3 Å². The van der Waals surface area contributed by atoms with E-state index >= 15 is 0 Å². The van der Waals surface area contributed by atoms with E-state index < -0.39 is 6.10 Å². The standard InChI is InChI=1S/C22H29N3O3/c1-17(28-21-10-8-20(27-3)9-11-21)22(26)23-16-18-4-6-19(7-5-18)25-14-12-24(2)13-15-25/h4-11,17H,12-16H2,1-3H3,(H,23,26)/t17-/m0/s1. The van der Waals surface area contributed by atoms with Gasteiger partial charge >= 0.3 is 0 Å². The first-order valence-corrected chi connectivity index (χ1v) is 9.66. The van der Waals surface area contributed by atoms with E-state index in [9.17, 15) is 4.79 Å². The Morgan fingerprint density at radius 2 is 1.61 bits per heavy atom. The maximum Gasteiger partial charge on any atom is 0.261 e. The summed E-state index contributed by atoms with van der Waals surface area (Å²) < 4.78 is 10.8. The molecule has 1 heterocycles. The topological polar surface area (TPSA) is 54.0 Å². The number of hydrogen-bond donors (Lipinski definition) is 1. The second-order valence-electron chi connectivity index (χ2n) is 7.11. The lowest BCUT2D eigenvalue weighted by Crippen LogP contribution is -2.44. The summed E-state index contributed by atoms with van der Waals surface area (Å²) >= 11 is 0. The van der Waals surface area contributed by atoms with Gasteiger partial charge in [-0.2, -0.15) is 0 Å². The number of nitrogens with one attached hydrogen (secondary N) is 1. The Morgan fingerprint density at radius 3 is 2.21 bits per heavy atom. The van der Waals surface area contributed by atoms with Gasteiger partial charge in [0.2, 0.25) is 0 Å². The Labute approximate surface area is 167 Å². The highest BCUT2D eigenvalue weighted by Gasteiger charge is 2.16. The van der Waals surface area contributed by atoms with Gasteiger partial charge in [0.1, 0.15) is 11.5 Å². The van der Waals surface area contributed by atoms with Crippen LogP contribution in [0.15, 0.2) is 48.5 Å². The molecular weight excluding hydrogens is 354 g/mol. The van der Waals surface area contributed by atoms with Gasteiger partial charge in [-0.15, -0.1) is 0 Å². The number of anilines is 1. The molecule has 6 heteroatoms. The Hall–Kier alpha value is -2.73. The third-order valence-electron chi connectivity index (χ3n) is 5.01. The van der Waals surface area contributed by atoms with Gasteiger partial charge in [-0.1, -0.05) is 12.1 Å². The first-order valence-electron chi connectivity index (χ1n) is 9.66. The number of rotatable bonds is 7. The van der Waals surface area contributed by atoms with Crippen LogP contribution < -0.4 is 19.7 Å². The number of methoxy groups -OCH3 is 1. The molecule has 1 atom stereocenters. The van der Waals surface area contributed by atoms with Crippen molar-refractivity contribution in [3.8, 4) is 11.5 Å². The highest BCUT2D eigenvalue weighted by molar-refractivity contribution is 5.80. The summed E-state index contributed by atoms with van der Waals surface area (Å²) in [5.41, 5.74) is 2.31. The SMILES string of the molecule is COc1ccc(O[C@@H](C)C(=O)NCc2ccc(N3CCN(C)CC3)cc2)cc1. The van der Waals surface area contributed by atoms with Gasteiger partial charge in [-0.05, 0) is 55.9 Å². The quantitative estimate of drug-likeness (QED) is 0.796. The summed E-state index contributed by atoms with van der Waals surface area (Å²) in [4.78, 5) is 17.1. The predicted molar refractivity (Wildman–Crippen MR) is 111 cm³/mol. The normalized spacial score (nSPS) is 15.8. The fraction of sp³-hybridized carbons (Fsp3) is 0.409. The molecule has 3 rings (SSSR count). The van der Waals surface area contributed by atoms with E-state index in [0.29, 0.717) is 12.3 Å². The molecule has 6 nitrogen and oxygen atoms in total. The van der Waals surface area contributed by atoms with Crippen molar-refractivity contribution >= 4 is 11.6 Å². The van der Waals surface area contributed by atoms with E-state index in [-0.39, 0.29) is 5.91 Å². The molecule has 1 aliphatic rings. The minimum atomic E-state index is -0.571. The van der Waals surface area contributed by atoms with Crippen LogP contribution in [0.1, 0.15) is 12.5 Å². The molecule has 1 fully saturated rings. The van der Waals surface area contributed by atoms with E-state index in [4.69, 9.17) is 9.47 Å². The van der Waals surface area contributed by atoms with Crippen LogP contribution >= 0.6 is 0 Å². The van der Waals surface area contributed by atoms with Crippen LogP contribution in [-0.4, -0.2) is 57.2 Å². The van der Waals surface area contributed by atoms with E-state index in [1.807, 2.05) is 12.1 Å². The van der Waals surface area contributed by atoms with Gasteiger partial charge in [-0.25, -0.2) is 0 Å². The summed E-state index contributed by atoms with van der Waals surface area (Å²) in [6.45, 7) is 6.50. The molecule has 0 spiro atoms. The van der Waals surface area contributed by atoms with Gasteiger partial charge in [0, 0.05) is 38.4 Å². The second-order valence-corrected chi connectivity index (χ2v) is 7.11. The lowest BCUT2D eigenvalue weighted by Gasteiger charge is -2.34. The first kappa shape index (κ1) is 20.0. The Bertz CT molecular complexity index is 754. The lowest BCUT2D eigenvalue weighted by atomic mass is 10.1. The van der Waals surface area contributed by atoms with E-state index in [0.717, 1.165) is 37.5 Å². The number of piperazine rings is 1. The first-order chi connectivity index (χ1) is 13.5. The number of amides is 1. The molecule has 0 bridgehead atoms. The molecule has 2 aromatic carbocycles. The average molecular weight is 383 g/mol. The van der Waals surface area contributed by atoms with E-state index in [1.54, 1.807) is 26.2 Å². The maximum absolute atomic E-state index is 12.3. The Morgan fingerprint density at radius 1 is 1.00 bits per heavy atom. The van der Waals surface area contributed by atoms with Crippen molar-refractivity contribution < 1.29 is 14.3 Å². The zero-order chi connectivity index (χ0) is 19.9. The third kappa shape index (κ3) is 5.39. The molecule has 0 saturated carbocycles. The Kier molecular flexibility index (Phi) is 6.76. The summed E-state index contributed by atoms with van der Waals surface area (Å²) in [5, 5.41) is 2.94. The van der Waals surface area contributed by atoms with E-state index in [2.05, 4.69) is 46.4 Å². The molecule has 1 amide bonds. The van der Waals surface area contributed by atoms with Crippen molar-refractivity contribution in [3.05, 3.63) is 54.1 Å². The number of benzene rings is 2. The van der Waals surface area contributed by atoms with Crippen LogP contribution in [0.5, 0.6) is 11.5 Å². The van der Waals surface area contributed by atoms with Crippen LogP contribution in [0.4, 0.5) is 5.69 Å². The minimum Gasteiger partial charge on any atom is -0.497 e. The molecule has 150 valence electrons. The largest absolute Gasteiger partial charge is 0.497 e. The number of hydrogen-bond acceptors (Lipinski definition) is 5. The van der Waals surface area contributed by atoms with Gasteiger partial charge < -0.3 is 24.6 Å². The molecule has 0 radical (unpaired) electrons. The highest BCUT2D eigenvalue weighted by atomic mass is 16.5. The fourth-order valence-corrected chi connectivity index (χ4v) is 3.13. The van der Waals surface area contributed by atoms with Crippen LogP contribution in [0, 0.1) is 0 Å². The highest BCUT2D eigenvalue weighted by Crippen LogP contribution is 2.19. The summed E-state index contributed by atoms with van der Waals surface area (Å²) in [6.07, 6.45) is -0.571. The van der Waals surface area contributed by atoms with Crippen molar-refractivity contribution in [1.82, 2.24) is 10.2 Å². The van der Waals surface area contributed by atoms with Crippen LogP contribution in [0.3, 0.4) is 0 Å². The predicted octanol–water partition coefficient (Wildman–Crippen LogP) is 2.53. The minimum absolute atomic E-state index is 0.140. The molecule has 1 N–H and O–H groups in total. The molecule has 0 aliphatic carbocycles. The van der Waals surface area contributed by atoms with E-state index in [1.165, 1.54) is 5.69 Å². The third-order valence-corrected chi connectivity index (χ3v) is 5.01. The molecule has 0 aromatic heterocycles. The number of ether oxygens (including phenoxy) is 2. The molecule has 28 heavy (non-hydrogen) atoms. The van der Waals surface area contributed by atoms with Crippen LogP contribution in [0.2, 0.25) is 0 Å². The number of carbonyl (C=O) groups excluding carboxylic acids is 1. The van der Waals surface area contributed by atoms with Gasteiger partial charge in [0.25, 0.3) is 5.91 Å². The van der Waals surface area contributed by atoms with Crippen molar-refractivity contribution in [2.24, 2.45) is 0 Å². The van der Waals surface area contributed by atoms with Crippen molar-refractivity contribution in [3.63, 3.8) is 0 Å². The molecule has 2 aromatic rings.